The first-order chi connectivity index (χ1) is 11.1. The molecule has 0 radical (unpaired) electrons. The standard InChI is InChI=1S/C16H13NO6/c1-2-21-13-6-4-3-5-10(13)16(18)11-7-14-15(23-9-22-14)8-12(11)17(19)20/h3-8H,2,9H2,1H3. The Morgan fingerprint density at radius 2 is 1.91 bits per heavy atom. The molecule has 1 aliphatic rings. The molecule has 0 saturated heterocycles. The zero-order valence-corrected chi connectivity index (χ0v) is 12.3. The van der Waals surface area contributed by atoms with Crippen LogP contribution < -0.4 is 14.2 Å². The highest BCUT2D eigenvalue weighted by Crippen LogP contribution is 2.39. The van der Waals surface area contributed by atoms with E-state index in [-0.39, 0.29) is 29.4 Å². The number of carbonyl (C=O) groups excluding carboxylic acids is 1. The number of hydrogen-bond acceptors (Lipinski definition) is 6. The van der Waals surface area contributed by atoms with Gasteiger partial charge in [-0.1, -0.05) is 12.1 Å². The van der Waals surface area contributed by atoms with E-state index in [4.69, 9.17) is 14.2 Å². The second-order valence-electron chi connectivity index (χ2n) is 4.74. The molecule has 0 unspecified atom stereocenters. The van der Waals surface area contributed by atoms with E-state index in [1.165, 1.54) is 12.1 Å². The lowest BCUT2D eigenvalue weighted by Gasteiger charge is -2.09. The molecule has 2 aromatic rings. The first-order valence-electron chi connectivity index (χ1n) is 6.96. The van der Waals surface area contributed by atoms with Crippen LogP contribution >= 0.6 is 0 Å². The van der Waals surface area contributed by atoms with Gasteiger partial charge in [0.15, 0.2) is 11.5 Å². The minimum absolute atomic E-state index is 0.0281. The van der Waals surface area contributed by atoms with Crippen LogP contribution in [0.4, 0.5) is 5.69 Å². The number of carbonyl (C=O) groups is 1. The summed E-state index contributed by atoms with van der Waals surface area (Å²) in [5.41, 5.74) is -0.131. The van der Waals surface area contributed by atoms with Gasteiger partial charge in [0, 0.05) is 6.07 Å². The molecule has 0 aliphatic carbocycles. The van der Waals surface area contributed by atoms with Crippen molar-refractivity contribution < 1.29 is 23.9 Å². The number of benzene rings is 2. The molecule has 0 aromatic heterocycles. The number of nitro benzene ring substituents is 1. The van der Waals surface area contributed by atoms with E-state index in [9.17, 15) is 14.9 Å². The lowest BCUT2D eigenvalue weighted by Crippen LogP contribution is -2.08. The van der Waals surface area contributed by atoms with Crippen LogP contribution in [-0.4, -0.2) is 24.1 Å². The number of hydrogen-bond donors (Lipinski definition) is 0. The Labute approximate surface area is 131 Å². The van der Waals surface area contributed by atoms with Gasteiger partial charge in [0.1, 0.15) is 11.3 Å². The summed E-state index contributed by atoms with van der Waals surface area (Å²) in [7, 11) is 0. The van der Waals surface area contributed by atoms with Crippen molar-refractivity contribution in [3.05, 3.63) is 57.6 Å². The Morgan fingerprint density at radius 1 is 1.22 bits per heavy atom. The number of rotatable bonds is 5. The van der Waals surface area contributed by atoms with Gasteiger partial charge in [0.05, 0.1) is 23.2 Å². The van der Waals surface area contributed by atoms with Crippen LogP contribution in [0.1, 0.15) is 22.8 Å². The van der Waals surface area contributed by atoms with Crippen molar-refractivity contribution in [2.24, 2.45) is 0 Å². The number of para-hydroxylation sites is 1. The Kier molecular flexibility index (Phi) is 3.84. The van der Waals surface area contributed by atoms with Gasteiger partial charge in [-0.15, -0.1) is 0 Å². The molecule has 0 N–H and O–H groups in total. The molecule has 0 bridgehead atoms. The molecule has 7 nitrogen and oxygen atoms in total. The number of nitrogens with zero attached hydrogens (tertiary/aromatic N) is 1. The average Bonchev–Trinajstić information content (AvgIpc) is 3.01. The molecular weight excluding hydrogens is 302 g/mol. The monoisotopic (exact) mass is 315 g/mol. The van der Waals surface area contributed by atoms with Crippen LogP contribution in [0.2, 0.25) is 0 Å². The summed E-state index contributed by atoms with van der Waals surface area (Å²) in [5, 5.41) is 11.3. The summed E-state index contributed by atoms with van der Waals surface area (Å²) in [5.74, 6) is 0.449. The fourth-order valence-corrected chi connectivity index (χ4v) is 2.34. The molecule has 2 aromatic carbocycles. The van der Waals surface area contributed by atoms with E-state index in [0.717, 1.165) is 0 Å². The molecule has 1 heterocycles. The quantitative estimate of drug-likeness (QED) is 0.479. The predicted octanol–water partition coefficient (Wildman–Crippen LogP) is 2.95. The van der Waals surface area contributed by atoms with Gasteiger partial charge in [-0.2, -0.15) is 0 Å². The summed E-state index contributed by atoms with van der Waals surface area (Å²) < 4.78 is 15.8. The second kappa shape index (κ2) is 5.96. The van der Waals surface area contributed by atoms with Gasteiger partial charge >= 0.3 is 0 Å². The Morgan fingerprint density at radius 3 is 2.61 bits per heavy atom. The minimum Gasteiger partial charge on any atom is -0.493 e. The van der Waals surface area contributed by atoms with Gasteiger partial charge in [-0.3, -0.25) is 14.9 Å². The Balaban J connectivity index is 2.11. The summed E-state index contributed by atoms with van der Waals surface area (Å²) >= 11 is 0. The van der Waals surface area contributed by atoms with Crippen molar-refractivity contribution in [2.75, 3.05) is 13.4 Å². The first kappa shape index (κ1) is 14.8. The van der Waals surface area contributed by atoms with E-state index in [2.05, 4.69) is 0 Å². The summed E-state index contributed by atoms with van der Waals surface area (Å²) in [6.45, 7) is 2.15. The number of nitro groups is 1. The van der Waals surface area contributed by atoms with E-state index >= 15 is 0 Å². The molecule has 7 heteroatoms. The lowest BCUT2D eigenvalue weighted by atomic mass is 10.00. The zero-order valence-electron chi connectivity index (χ0n) is 12.3. The maximum absolute atomic E-state index is 12.8. The van der Waals surface area contributed by atoms with Crippen LogP contribution in [0.25, 0.3) is 0 Å². The van der Waals surface area contributed by atoms with E-state index < -0.39 is 10.7 Å². The van der Waals surface area contributed by atoms with Crippen LogP contribution in [0.5, 0.6) is 17.2 Å². The predicted molar refractivity (Wildman–Crippen MR) is 80.3 cm³/mol. The number of ketones is 1. The molecule has 0 atom stereocenters. The molecule has 0 fully saturated rings. The van der Waals surface area contributed by atoms with Crippen LogP contribution in [0, 0.1) is 10.1 Å². The van der Waals surface area contributed by atoms with E-state index in [0.29, 0.717) is 18.1 Å². The number of ether oxygens (including phenoxy) is 3. The third-order valence-corrected chi connectivity index (χ3v) is 3.36. The van der Waals surface area contributed by atoms with E-state index in [1.807, 2.05) is 0 Å². The van der Waals surface area contributed by atoms with Crippen LogP contribution in [0.3, 0.4) is 0 Å². The second-order valence-corrected chi connectivity index (χ2v) is 4.74. The fourth-order valence-electron chi connectivity index (χ4n) is 2.34. The highest BCUT2D eigenvalue weighted by Gasteiger charge is 2.29. The highest BCUT2D eigenvalue weighted by molar-refractivity contribution is 6.13. The zero-order chi connectivity index (χ0) is 16.4. The molecule has 3 rings (SSSR count). The largest absolute Gasteiger partial charge is 0.493 e. The van der Waals surface area contributed by atoms with Crippen LogP contribution in [0.15, 0.2) is 36.4 Å². The SMILES string of the molecule is CCOc1ccccc1C(=O)c1cc2c(cc1[N+](=O)[O-])OCO2. The highest BCUT2D eigenvalue weighted by atomic mass is 16.7. The third-order valence-electron chi connectivity index (χ3n) is 3.36. The summed E-state index contributed by atoms with van der Waals surface area (Å²) in [4.78, 5) is 23.5. The molecule has 118 valence electrons. The molecule has 0 amide bonds. The maximum atomic E-state index is 12.8. The normalized spacial score (nSPS) is 12.0. The van der Waals surface area contributed by atoms with Crippen molar-refractivity contribution in [3.63, 3.8) is 0 Å². The Hall–Kier alpha value is -3.09. The number of fused-ring (bicyclic) bond motifs is 1. The summed E-state index contributed by atoms with van der Waals surface area (Å²) in [6.07, 6.45) is 0. The van der Waals surface area contributed by atoms with Crippen molar-refractivity contribution in [3.8, 4) is 17.2 Å². The van der Waals surface area contributed by atoms with Gasteiger partial charge in [0.25, 0.3) is 5.69 Å². The molecule has 23 heavy (non-hydrogen) atoms. The average molecular weight is 315 g/mol. The Bertz CT molecular complexity index is 786. The lowest BCUT2D eigenvalue weighted by molar-refractivity contribution is -0.385. The van der Waals surface area contributed by atoms with Gasteiger partial charge < -0.3 is 14.2 Å². The van der Waals surface area contributed by atoms with Crippen molar-refractivity contribution >= 4 is 11.5 Å². The summed E-state index contributed by atoms with van der Waals surface area (Å²) in [6, 6.07) is 9.17. The maximum Gasteiger partial charge on any atom is 0.284 e. The molecular formula is C16H13NO6. The van der Waals surface area contributed by atoms with Crippen molar-refractivity contribution in [2.45, 2.75) is 6.92 Å². The molecule has 1 aliphatic heterocycles. The van der Waals surface area contributed by atoms with Gasteiger partial charge in [-0.05, 0) is 19.1 Å². The first-order valence-corrected chi connectivity index (χ1v) is 6.96. The van der Waals surface area contributed by atoms with E-state index in [1.54, 1.807) is 31.2 Å². The fraction of sp³-hybridized carbons (Fsp3) is 0.188. The molecule has 0 saturated carbocycles. The van der Waals surface area contributed by atoms with Crippen LogP contribution in [-0.2, 0) is 0 Å². The van der Waals surface area contributed by atoms with Gasteiger partial charge in [0.2, 0.25) is 12.6 Å². The molecule has 0 spiro atoms. The third kappa shape index (κ3) is 2.68. The van der Waals surface area contributed by atoms with Gasteiger partial charge in [-0.25, -0.2) is 0 Å². The smallest absolute Gasteiger partial charge is 0.284 e. The van der Waals surface area contributed by atoms with Crippen molar-refractivity contribution in [1.29, 1.82) is 0 Å². The minimum atomic E-state index is -0.613. The topological polar surface area (TPSA) is 87.9 Å². The van der Waals surface area contributed by atoms with Crippen molar-refractivity contribution in [1.82, 2.24) is 0 Å².